The molecule has 1 aromatic rings. The second kappa shape index (κ2) is 9.06. The minimum Gasteiger partial charge on any atom is -0.496 e. The highest BCUT2D eigenvalue weighted by atomic mass is 16.5. The van der Waals surface area contributed by atoms with Gasteiger partial charge in [-0.05, 0) is 37.8 Å². The normalized spacial score (nSPS) is 17.0. The van der Waals surface area contributed by atoms with Crippen LogP contribution in [0.5, 0.6) is 5.75 Å². The van der Waals surface area contributed by atoms with Gasteiger partial charge in [-0.3, -0.25) is 0 Å². The fraction of sp³-hybridized carbons (Fsp3) is 0.667. The molecule has 0 amide bonds. The fourth-order valence-corrected chi connectivity index (χ4v) is 3.03. The molecule has 1 fully saturated rings. The maximum Gasteiger partial charge on any atom is 0.124 e. The van der Waals surface area contributed by atoms with Gasteiger partial charge in [0.05, 0.1) is 19.8 Å². The largest absolute Gasteiger partial charge is 0.496 e. The van der Waals surface area contributed by atoms with E-state index in [9.17, 15) is 0 Å². The molecule has 1 saturated carbocycles. The van der Waals surface area contributed by atoms with Crippen LogP contribution >= 0.6 is 0 Å². The molecule has 0 bridgehead atoms. The Morgan fingerprint density at radius 3 is 2.71 bits per heavy atom. The average molecular weight is 291 g/mol. The van der Waals surface area contributed by atoms with Crippen molar-refractivity contribution < 1.29 is 9.47 Å². The van der Waals surface area contributed by atoms with Crippen LogP contribution in [0.4, 0.5) is 0 Å². The van der Waals surface area contributed by atoms with E-state index in [2.05, 4.69) is 24.4 Å². The molecule has 1 aliphatic rings. The first kappa shape index (κ1) is 16.3. The third-order valence-corrected chi connectivity index (χ3v) is 4.25. The summed E-state index contributed by atoms with van der Waals surface area (Å²) in [6, 6.07) is 8.20. The summed E-state index contributed by atoms with van der Waals surface area (Å²) in [6.07, 6.45) is 6.58. The summed E-state index contributed by atoms with van der Waals surface area (Å²) in [7, 11) is 1.73. The molecule has 0 aromatic heterocycles. The second-order valence-electron chi connectivity index (χ2n) is 5.92. The summed E-state index contributed by atoms with van der Waals surface area (Å²) in [5.74, 6) is 1.67. The maximum atomic E-state index is 6.26. The molecule has 1 aromatic carbocycles. The van der Waals surface area contributed by atoms with Crippen LogP contribution in [0.3, 0.4) is 0 Å². The third-order valence-electron chi connectivity index (χ3n) is 4.25. The Bertz CT molecular complexity index is 402. The van der Waals surface area contributed by atoms with Gasteiger partial charge < -0.3 is 14.8 Å². The van der Waals surface area contributed by atoms with E-state index in [-0.39, 0.29) is 6.10 Å². The van der Waals surface area contributed by atoms with Crippen LogP contribution in [0.15, 0.2) is 24.3 Å². The molecule has 0 saturated heterocycles. The molecule has 1 N–H and O–H groups in total. The Kier molecular flexibility index (Phi) is 7.04. The lowest BCUT2D eigenvalue weighted by Gasteiger charge is -2.22. The van der Waals surface area contributed by atoms with Crippen LogP contribution in [-0.4, -0.2) is 26.8 Å². The van der Waals surface area contributed by atoms with Gasteiger partial charge >= 0.3 is 0 Å². The highest BCUT2D eigenvalue weighted by molar-refractivity contribution is 5.35. The zero-order valence-corrected chi connectivity index (χ0v) is 13.4. The van der Waals surface area contributed by atoms with Gasteiger partial charge in [0.15, 0.2) is 0 Å². The predicted molar refractivity (Wildman–Crippen MR) is 86.8 cm³/mol. The van der Waals surface area contributed by atoms with Gasteiger partial charge in [0.2, 0.25) is 0 Å². The Morgan fingerprint density at radius 1 is 1.24 bits per heavy atom. The first-order valence-electron chi connectivity index (χ1n) is 8.30. The fourth-order valence-electron chi connectivity index (χ4n) is 3.03. The van der Waals surface area contributed by atoms with Crippen molar-refractivity contribution in [3.8, 4) is 5.75 Å². The van der Waals surface area contributed by atoms with Gasteiger partial charge in [-0.15, -0.1) is 0 Å². The number of ether oxygens (including phenoxy) is 2. The van der Waals surface area contributed by atoms with Crippen molar-refractivity contribution in [2.75, 3.05) is 26.8 Å². The van der Waals surface area contributed by atoms with Crippen LogP contribution in [-0.2, 0) is 4.74 Å². The number of benzene rings is 1. The van der Waals surface area contributed by atoms with E-state index in [4.69, 9.17) is 9.47 Å². The molecular formula is C18H29NO2. The van der Waals surface area contributed by atoms with E-state index in [1.165, 1.54) is 25.7 Å². The van der Waals surface area contributed by atoms with Gasteiger partial charge in [-0.25, -0.2) is 0 Å². The Balaban J connectivity index is 1.99. The first-order chi connectivity index (χ1) is 10.3. The van der Waals surface area contributed by atoms with Gasteiger partial charge in [0, 0.05) is 12.1 Å². The highest BCUT2D eigenvalue weighted by Crippen LogP contribution is 2.30. The van der Waals surface area contributed by atoms with Crippen molar-refractivity contribution in [2.24, 2.45) is 5.92 Å². The van der Waals surface area contributed by atoms with Gasteiger partial charge in [-0.2, -0.15) is 0 Å². The van der Waals surface area contributed by atoms with E-state index in [1.54, 1.807) is 7.11 Å². The van der Waals surface area contributed by atoms with E-state index < -0.39 is 0 Å². The lowest BCUT2D eigenvalue weighted by atomic mass is 10.1. The summed E-state index contributed by atoms with van der Waals surface area (Å²) in [6.45, 7) is 4.93. The zero-order valence-electron chi connectivity index (χ0n) is 13.4. The SMILES string of the molecule is CCCNCC(OCC1CCCC1)c1ccccc1OC. The van der Waals surface area contributed by atoms with Crippen LogP contribution in [0.2, 0.25) is 0 Å². The van der Waals surface area contributed by atoms with Crippen molar-refractivity contribution in [3.05, 3.63) is 29.8 Å². The van der Waals surface area contributed by atoms with Gasteiger partial charge in [0.25, 0.3) is 0 Å². The molecule has 1 unspecified atom stereocenters. The highest BCUT2D eigenvalue weighted by Gasteiger charge is 2.20. The molecule has 3 nitrogen and oxygen atoms in total. The number of nitrogens with one attached hydrogen (secondary N) is 1. The molecular weight excluding hydrogens is 262 g/mol. The van der Waals surface area contributed by atoms with Crippen LogP contribution < -0.4 is 10.1 Å². The number of hydrogen-bond acceptors (Lipinski definition) is 3. The van der Waals surface area contributed by atoms with Crippen molar-refractivity contribution >= 4 is 0 Å². The first-order valence-corrected chi connectivity index (χ1v) is 8.30. The van der Waals surface area contributed by atoms with Crippen molar-refractivity contribution in [1.82, 2.24) is 5.32 Å². The van der Waals surface area contributed by atoms with Gasteiger partial charge in [-0.1, -0.05) is 38.0 Å². The summed E-state index contributed by atoms with van der Waals surface area (Å²) in [4.78, 5) is 0. The zero-order chi connectivity index (χ0) is 14.9. The Hall–Kier alpha value is -1.06. The van der Waals surface area contributed by atoms with Gasteiger partial charge in [0.1, 0.15) is 5.75 Å². The number of hydrogen-bond donors (Lipinski definition) is 1. The number of para-hydroxylation sites is 1. The summed E-state index contributed by atoms with van der Waals surface area (Å²) in [5.41, 5.74) is 1.15. The minimum absolute atomic E-state index is 0.0771. The smallest absolute Gasteiger partial charge is 0.124 e. The molecule has 3 heteroatoms. The lowest BCUT2D eigenvalue weighted by molar-refractivity contribution is 0.0282. The summed E-state index contributed by atoms with van der Waals surface area (Å²) >= 11 is 0. The Labute approximate surface area is 129 Å². The second-order valence-corrected chi connectivity index (χ2v) is 5.92. The summed E-state index contributed by atoms with van der Waals surface area (Å²) in [5, 5.41) is 3.48. The maximum absolute atomic E-state index is 6.26. The van der Waals surface area contributed by atoms with Crippen LogP contribution in [0.25, 0.3) is 0 Å². The quantitative estimate of drug-likeness (QED) is 0.699. The number of methoxy groups -OCH3 is 1. The van der Waals surface area contributed by atoms with Crippen molar-refractivity contribution in [2.45, 2.75) is 45.1 Å². The summed E-state index contributed by atoms with van der Waals surface area (Å²) < 4.78 is 11.8. The predicted octanol–water partition coefficient (Wildman–Crippen LogP) is 3.94. The van der Waals surface area contributed by atoms with E-state index in [0.29, 0.717) is 0 Å². The molecule has 0 radical (unpaired) electrons. The molecule has 0 aliphatic heterocycles. The van der Waals surface area contributed by atoms with Crippen molar-refractivity contribution in [1.29, 1.82) is 0 Å². The Morgan fingerprint density at radius 2 is 2.00 bits per heavy atom. The van der Waals surface area contributed by atoms with Crippen LogP contribution in [0, 0.1) is 5.92 Å². The van der Waals surface area contributed by atoms with E-state index in [1.807, 2.05) is 12.1 Å². The molecule has 21 heavy (non-hydrogen) atoms. The van der Waals surface area contributed by atoms with Crippen LogP contribution in [0.1, 0.15) is 50.7 Å². The lowest BCUT2D eigenvalue weighted by Crippen LogP contribution is -2.25. The molecule has 2 rings (SSSR count). The molecule has 1 aliphatic carbocycles. The van der Waals surface area contributed by atoms with Crippen molar-refractivity contribution in [3.63, 3.8) is 0 Å². The van der Waals surface area contributed by atoms with E-state index in [0.717, 1.165) is 43.3 Å². The molecule has 0 heterocycles. The topological polar surface area (TPSA) is 30.5 Å². The average Bonchev–Trinajstić information content (AvgIpc) is 3.04. The third kappa shape index (κ3) is 5.01. The molecule has 0 spiro atoms. The molecule has 1 atom stereocenters. The number of rotatable bonds is 9. The standard InChI is InChI=1S/C18H29NO2/c1-3-12-19-13-18(21-14-15-8-4-5-9-15)16-10-6-7-11-17(16)20-2/h6-7,10-11,15,18-19H,3-5,8-9,12-14H2,1-2H3. The van der Waals surface area contributed by atoms with E-state index >= 15 is 0 Å². The molecule has 118 valence electrons. The minimum atomic E-state index is 0.0771. The monoisotopic (exact) mass is 291 g/mol.